The zero-order valence-corrected chi connectivity index (χ0v) is 12.7. The van der Waals surface area contributed by atoms with Crippen molar-refractivity contribution >= 4 is 17.2 Å². The first-order valence-corrected chi connectivity index (χ1v) is 7.02. The molecule has 0 saturated carbocycles. The van der Waals surface area contributed by atoms with E-state index < -0.39 is 0 Å². The molecule has 1 aromatic heterocycles. The highest BCUT2D eigenvalue weighted by molar-refractivity contribution is 5.62. The molecule has 0 aliphatic heterocycles. The summed E-state index contributed by atoms with van der Waals surface area (Å²) in [5.74, 6) is 1.59. The Morgan fingerprint density at radius 2 is 1.85 bits per heavy atom. The normalized spacial score (nSPS) is 10.8. The number of hydrogen-bond acceptors (Lipinski definition) is 3. The summed E-state index contributed by atoms with van der Waals surface area (Å²) in [6, 6.07) is 10.7. The average molecular weight is 269 g/mol. The molecular weight excluding hydrogens is 246 g/mol. The molecule has 20 heavy (non-hydrogen) atoms. The summed E-state index contributed by atoms with van der Waals surface area (Å²) in [6.45, 7) is 6.47. The number of pyridine rings is 1. The maximum absolute atomic E-state index is 5.81. The van der Waals surface area contributed by atoms with Crippen molar-refractivity contribution in [2.45, 2.75) is 27.2 Å². The summed E-state index contributed by atoms with van der Waals surface area (Å²) in [7, 11) is 2.02. The van der Waals surface area contributed by atoms with Gasteiger partial charge < -0.3 is 10.6 Å². The number of anilines is 3. The van der Waals surface area contributed by atoms with Gasteiger partial charge in [-0.25, -0.2) is 4.98 Å². The topological polar surface area (TPSA) is 42.2 Å². The molecule has 0 saturated heterocycles. The molecule has 3 heteroatoms. The molecule has 0 aliphatic carbocycles. The van der Waals surface area contributed by atoms with E-state index in [0.29, 0.717) is 5.92 Å². The highest BCUT2D eigenvalue weighted by atomic mass is 15.2. The van der Waals surface area contributed by atoms with Crippen molar-refractivity contribution in [1.82, 2.24) is 4.98 Å². The smallest absolute Gasteiger partial charge is 0.133 e. The fourth-order valence-electron chi connectivity index (χ4n) is 2.19. The predicted molar refractivity (Wildman–Crippen MR) is 86.4 cm³/mol. The summed E-state index contributed by atoms with van der Waals surface area (Å²) < 4.78 is 0. The fraction of sp³-hybridized carbons (Fsp3) is 0.353. The molecule has 2 aromatic rings. The highest BCUT2D eigenvalue weighted by Crippen LogP contribution is 2.24. The molecule has 2 rings (SSSR count). The molecule has 1 aromatic carbocycles. The van der Waals surface area contributed by atoms with Crippen molar-refractivity contribution in [3.05, 3.63) is 47.7 Å². The van der Waals surface area contributed by atoms with E-state index in [1.165, 1.54) is 5.56 Å². The molecule has 0 fully saturated rings. The molecule has 0 atom stereocenters. The SMILES string of the molecule is Cc1cc(N(C)c2ccc(CC(C)C)cc2)ncc1N. The Hall–Kier alpha value is -2.03. The van der Waals surface area contributed by atoms with E-state index in [1.54, 1.807) is 6.20 Å². The summed E-state index contributed by atoms with van der Waals surface area (Å²) >= 11 is 0. The third kappa shape index (κ3) is 3.29. The van der Waals surface area contributed by atoms with Gasteiger partial charge in [-0.3, -0.25) is 0 Å². The number of aromatic nitrogens is 1. The Morgan fingerprint density at radius 1 is 1.20 bits per heavy atom. The van der Waals surface area contributed by atoms with Crippen LogP contribution in [0.3, 0.4) is 0 Å². The minimum atomic E-state index is 0.681. The van der Waals surface area contributed by atoms with Crippen LogP contribution in [0.2, 0.25) is 0 Å². The Bertz CT molecular complexity index is 573. The molecule has 0 amide bonds. The van der Waals surface area contributed by atoms with Gasteiger partial charge in [0.15, 0.2) is 0 Å². The standard InChI is InChI=1S/C17H23N3/c1-12(2)9-14-5-7-15(8-6-14)20(4)17-10-13(3)16(18)11-19-17/h5-8,10-12H,9,18H2,1-4H3. The van der Waals surface area contributed by atoms with Crippen molar-refractivity contribution in [1.29, 1.82) is 0 Å². The van der Waals surface area contributed by atoms with Gasteiger partial charge in [0.25, 0.3) is 0 Å². The van der Waals surface area contributed by atoms with Gasteiger partial charge in [-0.05, 0) is 48.6 Å². The minimum Gasteiger partial charge on any atom is -0.397 e. The first kappa shape index (κ1) is 14.4. The van der Waals surface area contributed by atoms with E-state index in [9.17, 15) is 0 Å². The van der Waals surface area contributed by atoms with Crippen molar-refractivity contribution < 1.29 is 0 Å². The lowest BCUT2D eigenvalue weighted by Gasteiger charge is -2.19. The number of aryl methyl sites for hydroxylation is 1. The summed E-state index contributed by atoms with van der Waals surface area (Å²) in [6.07, 6.45) is 2.83. The van der Waals surface area contributed by atoms with Crippen molar-refractivity contribution in [3.63, 3.8) is 0 Å². The van der Waals surface area contributed by atoms with Gasteiger partial charge in [-0.1, -0.05) is 26.0 Å². The maximum Gasteiger partial charge on any atom is 0.133 e. The van der Waals surface area contributed by atoms with E-state index in [4.69, 9.17) is 5.73 Å². The van der Waals surface area contributed by atoms with Gasteiger partial charge >= 0.3 is 0 Å². The Morgan fingerprint density at radius 3 is 2.40 bits per heavy atom. The number of benzene rings is 1. The molecular formula is C17H23N3. The molecule has 0 unspecified atom stereocenters. The van der Waals surface area contributed by atoms with Crippen LogP contribution >= 0.6 is 0 Å². The van der Waals surface area contributed by atoms with Crippen LogP contribution in [0.5, 0.6) is 0 Å². The van der Waals surface area contributed by atoms with E-state index in [0.717, 1.165) is 29.2 Å². The van der Waals surface area contributed by atoms with Gasteiger partial charge in [0, 0.05) is 12.7 Å². The van der Waals surface area contributed by atoms with Crippen LogP contribution in [0.25, 0.3) is 0 Å². The van der Waals surface area contributed by atoms with Gasteiger partial charge in [0.1, 0.15) is 5.82 Å². The first-order valence-electron chi connectivity index (χ1n) is 7.02. The molecule has 0 bridgehead atoms. The number of nitrogens with zero attached hydrogens (tertiary/aromatic N) is 2. The molecule has 3 nitrogen and oxygen atoms in total. The number of nitrogens with two attached hydrogens (primary N) is 1. The average Bonchev–Trinajstić information content (AvgIpc) is 2.41. The van der Waals surface area contributed by atoms with Crippen molar-refractivity contribution in [2.75, 3.05) is 17.7 Å². The number of rotatable bonds is 4. The fourth-order valence-corrected chi connectivity index (χ4v) is 2.19. The zero-order valence-electron chi connectivity index (χ0n) is 12.7. The second-order valence-electron chi connectivity index (χ2n) is 5.72. The third-order valence-electron chi connectivity index (χ3n) is 3.45. The monoisotopic (exact) mass is 269 g/mol. The molecule has 1 heterocycles. The zero-order chi connectivity index (χ0) is 14.7. The van der Waals surface area contributed by atoms with Gasteiger partial charge in [-0.2, -0.15) is 0 Å². The Kier molecular flexibility index (Phi) is 4.28. The van der Waals surface area contributed by atoms with Crippen molar-refractivity contribution in [2.24, 2.45) is 5.92 Å². The van der Waals surface area contributed by atoms with Crippen LogP contribution in [0, 0.1) is 12.8 Å². The Labute approximate surface area is 121 Å². The second-order valence-corrected chi connectivity index (χ2v) is 5.72. The van der Waals surface area contributed by atoms with E-state index in [-0.39, 0.29) is 0 Å². The van der Waals surface area contributed by atoms with Crippen LogP contribution in [0.4, 0.5) is 17.2 Å². The van der Waals surface area contributed by atoms with Crippen LogP contribution in [0.1, 0.15) is 25.0 Å². The van der Waals surface area contributed by atoms with Crippen LogP contribution < -0.4 is 10.6 Å². The lowest BCUT2D eigenvalue weighted by atomic mass is 10.0. The second kappa shape index (κ2) is 5.95. The summed E-state index contributed by atoms with van der Waals surface area (Å²) in [5.41, 5.74) is 10.1. The largest absolute Gasteiger partial charge is 0.397 e. The van der Waals surface area contributed by atoms with Gasteiger partial charge in [0.2, 0.25) is 0 Å². The lowest BCUT2D eigenvalue weighted by molar-refractivity contribution is 0.647. The van der Waals surface area contributed by atoms with Crippen LogP contribution in [-0.2, 0) is 6.42 Å². The van der Waals surface area contributed by atoms with Gasteiger partial charge in [0.05, 0.1) is 11.9 Å². The van der Waals surface area contributed by atoms with Crippen LogP contribution in [0.15, 0.2) is 36.5 Å². The Balaban J connectivity index is 2.20. The van der Waals surface area contributed by atoms with E-state index >= 15 is 0 Å². The highest BCUT2D eigenvalue weighted by Gasteiger charge is 2.07. The molecule has 2 N–H and O–H groups in total. The molecule has 0 aliphatic rings. The van der Waals surface area contributed by atoms with E-state index in [2.05, 4.69) is 48.0 Å². The van der Waals surface area contributed by atoms with Crippen LogP contribution in [-0.4, -0.2) is 12.0 Å². The van der Waals surface area contributed by atoms with E-state index in [1.807, 2.05) is 20.0 Å². The molecule has 106 valence electrons. The lowest BCUT2D eigenvalue weighted by Crippen LogP contribution is -2.11. The first-order chi connectivity index (χ1) is 9.47. The maximum atomic E-state index is 5.81. The number of nitrogen functional groups attached to an aromatic ring is 1. The third-order valence-corrected chi connectivity index (χ3v) is 3.45. The number of hydrogen-bond donors (Lipinski definition) is 1. The quantitative estimate of drug-likeness (QED) is 0.914. The van der Waals surface area contributed by atoms with Crippen molar-refractivity contribution in [3.8, 4) is 0 Å². The summed E-state index contributed by atoms with van der Waals surface area (Å²) in [5, 5.41) is 0. The summed E-state index contributed by atoms with van der Waals surface area (Å²) in [4.78, 5) is 6.46. The molecule has 0 spiro atoms. The minimum absolute atomic E-state index is 0.681. The predicted octanol–water partition coefficient (Wildman–Crippen LogP) is 3.94. The molecule has 0 radical (unpaired) electrons. The van der Waals surface area contributed by atoms with Gasteiger partial charge in [-0.15, -0.1) is 0 Å².